The van der Waals surface area contributed by atoms with Crippen molar-refractivity contribution in [2.75, 3.05) is 11.1 Å². The molecule has 0 aliphatic carbocycles. The summed E-state index contributed by atoms with van der Waals surface area (Å²) in [5.41, 5.74) is 2.41. The quantitative estimate of drug-likeness (QED) is 0.927. The van der Waals surface area contributed by atoms with Gasteiger partial charge in [-0.15, -0.1) is 0 Å². The second-order valence-corrected chi connectivity index (χ2v) is 6.60. The Kier molecular flexibility index (Phi) is 3.78. The fourth-order valence-corrected chi connectivity index (χ4v) is 3.60. The minimum atomic E-state index is 0.592. The molecule has 2 unspecified atom stereocenters. The molecule has 0 amide bonds. The lowest BCUT2D eigenvalue weighted by atomic mass is 10.2. The molecule has 1 fully saturated rings. The molecule has 4 heteroatoms. The first-order valence-corrected chi connectivity index (χ1v) is 7.79. The van der Waals surface area contributed by atoms with E-state index in [1.54, 1.807) is 0 Å². The summed E-state index contributed by atoms with van der Waals surface area (Å²) in [6, 6.07) is 11.0. The fraction of sp³-hybridized carbons (Fsp3) is 0.400. The van der Waals surface area contributed by atoms with Crippen molar-refractivity contribution in [2.24, 2.45) is 0 Å². The number of rotatable bonds is 4. The van der Waals surface area contributed by atoms with E-state index in [4.69, 9.17) is 0 Å². The number of aromatic nitrogens is 2. The van der Waals surface area contributed by atoms with Gasteiger partial charge < -0.3 is 5.32 Å². The first-order valence-electron chi connectivity index (χ1n) is 6.74. The van der Waals surface area contributed by atoms with Gasteiger partial charge in [0.15, 0.2) is 0 Å². The standard InChI is InChI=1S/C15H19N3S/c1-12-7-14(11-19-12)17-15-8-16-18(10-15)9-13-5-3-2-4-6-13/h2-6,8,10,12,14,17H,7,9,11H2,1H3. The lowest BCUT2D eigenvalue weighted by Gasteiger charge is -2.10. The summed E-state index contributed by atoms with van der Waals surface area (Å²) in [6.45, 7) is 3.13. The molecule has 3 nitrogen and oxygen atoms in total. The minimum Gasteiger partial charge on any atom is -0.379 e. The van der Waals surface area contributed by atoms with Crippen LogP contribution in [-0.2, 0) is 6.54 Å². The van der Waals surface area contributed by atoms with Crippen molar-refractivity contribution in [3.63, 3.8) is 0 Å². The van der Waals surface area contributed by atoms with Crippen LogP contribution in [0.2, 0.25) is 0 Å². The van der Waals surface area contributed by atoms with Crippen molar-refractivity contribution in [1.82, 2.24) is 9.78 Å². The Labute approximate surface area is 118 Å². The average molecular weight is 273 g/mol. The Morgan fingerprint density at radius 1 is 1.37 bits per heavy atom. The molecule has 2 aromatic rings. The lowest BCUT2D eigenvalue weighted by Crippen LogP contribution is -2.18. The molecule has 2 atom stereocenters. The van der Waals surface area contributed by atoms with Gasteiger partial charge in [0, 0.05) is 23.2 Å². The predicted octanol–water partition coefficient (Wildman–Crippen LogP) is 3.24. The molecular formula is C15H19N3S. The van der Waals surface area contributed by atoms with Crippen LogP contribution in [0.1, 0.15) is 18.9 Å². The molecule has 0 saturated carbocycles. The summed E-state index contributed by atoms with van der Waals surface area (Å²) in [4.78, 5) is 0. The van der Waals surface area contributed by atoms with Gasteiger partial charge in [0.1, 0.15) is 0 Å². The maximum atomic E-state index is 4.42. The third-order valence-electron chi connectivity index (χ3n) is 3.39. The van der Waals surface area contributed by atoms with Crippen molar-refractivity contribution in [2.45, 2.75) is 31.2 Å². The van der Waals surface area contributed by atoms with E-state index in [-0.39, 0.29) is 0 Å². The molecule has 100 valence electrons. The molecule has 0 spiro atoms. The van der Waals surface area contributed by atoms with Gasteiger partial charge in [0.05, 0.1) is 18.4 Å². The molecule has 2 heterocycles. The summed E-state index contributed by atoms with van der Waals surface area (Å²) in [5, 5.41) is 8.77. The molecular weight excluding hydrogens is 254 g/mol. The molecule has 0 bridgehead atoms. The van der Waals surface area contributed by atoms with E-state index >= 15 is 0 Å². The number of anilines is 1. The van der Waals surface area contributed by atoms with Gasteiger partial charge in [0.2, 0.25) is 0 Å². The smallest absolute Gasteiger partial charge is 0.0729 e. The third kappa shape index (κ3) is 3.32. The van der Waals surface area contributed by atoms with E-state index in [0.717, 1.165) is 17.5 Å². The van der Waals surface area contributed by atoms with Crippen LogP contribution in [0.4, 0.5) is 5.69 Å². The van der Waals surface area contributed by atoms with Crippen LogP contribution in [0.3, 0.4) is 0 Å². The molecule has 0 radical (unpaired) electrons. The zero-order chi connectivity index (χ0) is 13.1. The summed E-state index contributed by atoms with van der Waals surface area (Å²) in [5.74, 6) is 1.20. The fourth-order valence-electron chi connectivity index (χ4n) is 2.45. The highest BCUT2D eigenvalue weighted by molar-refractivity contribution is 8.00. The molecule has 3 rings (SSSR count). The van der Waals surface area contributed by atoms with Crippen molar-refractivity contribution in [3.05, 3.63) is 48.3 Å². The lowest BCUT2D eigenvalue weighted by molar-refractivity contribution is 0.686. The zero-order valence-electron chi connectivity index (χ0n) is 11.1. The molecule has 1 aromatic carbocycles. The van der Waals surface area contributed by atoms with Gasteiger partial charge in [-0.3, -0.25) is 4.68 Å². The Morgan fingerprint density at radius 2 is 2.21 bits per heavy atom. The van der Waals surface area contributed by atoms with E-state index in [0.29, 0.717) is 6.04 Å². The number of hydrogen-bond donors (Lipinski definition) is 1. The van der Waals surface area contributed by atoms with Crippen LogP contribution in [-0.4, -0.2) is 26.8 Å². The van der Waals surface area contributed by atoms with Crippen LogP contribution >= 0.6 is 11.8 Å². The summed E-state index contributed by atoms with van der Waals surface area (Å²) < 4.78 is 1.99. The third-order valence-corrected chi connectivity index (χ3v) is 4.75. The molecule has 1 aliphatic heterocycles. The average Bonchev–Trinajstić information content (AvgIpc) is 3.01. The van der Waals surface area contributed by atoms with Gasteiger partial charge in [-0.2, -0.15) is 16.9 Å². The maximum absolute atomic E-state index is 4.42. The number of hydrogen-bond acceptors (Lipinski definition) is 3. The van der Waals surface area contributed by atoms with Crippen LogP contribution in [0.5, 0.6) is 0 Å². The van der Waals surface area contributed by atoms with Crippen LogP contribution in [0, 0.1) is 0 Å². The second-order valence-electron chi connectivity index (χ2n) is 5.13. The van der Waals surface area contributed by atoms with Gasteiger partial charge >= 0.3 is 0 Å². The van der Waals surface area contributed by atoms with Gasteiger partial charge in [0.25, 0.3) is 0 Å². The number of benzene rings is 1. The van der Waals surface area contributed by atoms with Crippen molar-refractivity contribution < 1.29 is 0 Å². The van der Waals surface area contributed by atoms with E-state index in [1.165, 1.54) is 17.7 Å². The largest absolute Gasteiger partial charge is 0.379 e. The van der Waals surface area contributed by atoms with Crippen molar-refractivity contribution in [3.8, 4) is 0 Å². The van der Waals surface area contributed by atoms with Gasteiger partial charge in [-0.05, 0) is 12.0 Å². The Balaban J connectivity index is 1.60. The van der Waals surface area contributed by atoms with E-state index in [9.17, 15) is 0 Å². The Morgan fingerprint density at radius 3 is 2.95 bits per heavy atom. The SMILES string of the molecule is CC1CC(Nc2cnn(Cc3ccccc3)c2)CS1. The van der Waals surface area contributed by atoms with Gasteiger partial charge in [-0.1, -0.05) is 37.3 Å². The maximum Gasteiger partial charge on any atom is 0.0729 e. The molecule has 1 N–H and O–H groups in total. The zero-order valence-corrected chi connectivity index (χ0v) is 11.9. The predicted molar refractivity (Wildman–Crippen MR) is 81.7 cm³/mol. The number of nitrogens with zero attached hydrogens (tertiary/aromatic N) is 2. The van der Waals surface area contributed by atoms with E-state index in [2.05, 4.69) is 47.8 Å². The van der Waals surface area contributed by atoms with E-state index in [1.807, 2.05) is 28.7 Å². The van der Waals surface area contributed by atoms with Crippen molar-refractivity contribution >= 4 is 17.4 Å². The summed E-state index contributed by atoms with van der Waals surface area (Å²) in [6.07, 6.45) is 5.27. The summed E-state index contributed by atoms with van der Waals surface area (Å²) >= 11 is 2.04. The minimum absolute atomic E-state index is 0.592. The van der Waals surface area contributed by atoms with Crippen molar-refractivity contribution in [1.29, 1.82) is 0 Å². The summed E-state index contributed by atoms with van der Waals surface area (Å²) in [7, 11) is 0. The van der Waals surface area contributed by atoms with Crippen LogP contribution < -0.4 is 5.32 Å². The monoisotopic (exact) mass is 273 g/mol. The highest BCUT2D eigenvalue weighted by Crippen LogP contribution is 2.28. The highest BCUT2D eigenvalue weighted by atomic mass is 32.2. The van der Waals surface area contributed by atoms with Gasteiger partial charge in [-0.25, -0.2) is 0 Å². The first-order chi connectivity index (χ1) is 9.29. The van der Waals surface area contributed by atoms with E-state index < -0.39 is 0 Å². The second kappa shape index (κ2) is 5.70. The Hall–Kier alpha value is -1.42. The first kappa shape index (κ1) is 12.6. The molecule has 1 aromatic heterocycles. The Bertz CT molecular complexity index is 523. The van der Waals surface area contributed by atoms with Crippen LogP contribution in [0.15, 0.2) is 42.7 Å². The molecule has 19 heavy (non-hydrogen) atoms. The topological polar surface area (TPSA) is 29.9 Å². The number of thioether (sulfide) groups is 1. The van der Waals surface area contributed by atoms with Crippen LogP contribution in [0.25, 0.3) is 0 Å². The molecule has 1 saturated heterocycles. The normalized spacial score (nSPS) is 22.6. The number of nitrogens with one attached hydrogen (secondary N) is 1. The highest BCUT2D eigenvalue weighted by Gasteiger charge is 2.21. The molecule has 1 aliphatic rings.